The largest absolute Gasteiger partial charge is 0.496 e. The molecule has 0 saturated heterocycles. The summed E-state index contributed by atoms with van der Waals surface area (Å²) in [5.74, 6) is 0.589. The van der Waals surface area contributed by atoms with Crippen LogP contribution in [-0.2, 0) is 0 Å². The Morgan fingerprint density at radius 3 is 2.47 bits per heavy atom. The second kappa shape index (κ2) is 6.14. The maximum absolute atomic E-state index is 12.3. The molecule has 0 heterocycles. The Balaban J connectivity index is 2.99. The van der Waals surface area contributed by atoms with E-state index in [4.69, 9.17) is 10.5 Å². The number of ether oxygens (including phenoxy) is 1. The van der Waals surface area contributed by atoms with E-state index in [9.17, 15) is 13.2 Å². The predicted octanol–water partition coefficient (Wildman–Crippen LogP) is 3.10. The van der Waals surface area contributed by atoms with Crippen molar-refractivity contribution in [2.24, 2.45) is 5.73 Å². The van der Waals surface area contributed by atoms with Crippen LogP contribution in [-0.4, -0.2) is 26.9 Å². The highest BCUT2D eigenvalue weighted by molar-refractivity contribution is 5.60. The summed E-state index contributed by atoms with van der Waals surface area (Å²) < 4.78 is 42.0. The summed E-state index contributed by atoms with van der Waals surface area (Å²) in [5.41, 5.74) is 7.26. The van der Waals surface area contributed by atoms with Crippen molar-refractivity contribution in [3.63, 3.8) is 0 Å². The van der Waals surface area contributed by atoms with Crippen molar-refractivity contribution in [2.75, 3.05) is 25.6 Å². The summed E-state index contributed by atoms with van der Waals surface area (Å²) in [6.07, 6.45) is -5.03. The molecule has 1 atom stereocenters. The van der Waals surface area contributed by atoms with E-state index in [1.54, 1.807) is 37.1 Å². The fourth-order valence-corrected chi connectivity index (χ4v) is 1.92. The standard InChI is InChI=1S/C13H19F3N2O/c1-9(17)12-10(5-4-6-11(12)19-3)18(2)8-7-13(14,15)16/h4-6,9H,7-8,17H2,1-3H3. The first kappa shape index (κ1) is 15.6. The van der Waals surface area contributed by atoms with Crippen LogP contribution in [0.1, 0.15) is 24.9 Å². The average Bonchev–Trinajstić information content (AvgIpc) is 2.33. The van der Waals surface area contributed by atoms with Crippen LogP contribution in [0.2, 0.25) is 0 Å². The average molecular weight is 276 g/mol. The van der Waals surface area contributed by atoms with Crippen molar-refractivity contribution in [3.05, 3.63) is 23.8 Å². The van der Waals surface area contributed by atoms with Gasteiger partial charge in [0.1, 0.15) is 5.75 Å². The van der Waals surface area contributed by atoms with Crippen molar-refractivity contribution in [3.8, 4) is 5.75 Å². The first-order chi connectivity index (χ1) is 8.76. The van der Waals surface area contributed by atoms with Gasteiger partial charge in [-0.15, -0.1) is 0 Å². The Bertz CT molecular complexity index is 419. The molecule has 6 heteroatoms. The molecule has 0 aliphatic rings. The summed E-state index contributed by atoms with van der Waals surface area (Å²) in [4.78, 5) is 1.55. The molecule has 108 valence electrons. The number of halogens is 3. The third-order valence-corrected chi connectivity index (χ3v) is 2.86. The van der Waals surface area contributed by atoms with Gasteiger partial charge < -0.3 is 15.4 Å². The highest BCUT2D eigenvalue weighted by atomic mass is 19.4. The van der Waals surface area contributed by atoms with Crippen molar-refractivity contribution in [1.82, 2.24) is 0 Å². The summed E-state index contributed by atoms with van der Waals surface area (Å²) in [6, 6.07) is 4.92. The van der Waals surface area contributed by atoms with E-state index >= 15 is 0 Å². The van der Waals surface area contributed by atoms with Crippen LogP contribution < -0.4 is 15.4 Å². The fraction of sp³-hybridized carbons (Fsp3) is 0.538. The number of rotatable bonds is 5. The summed E-state index contributed by atoms with van der Waals surface area (Å²) in [7, 11) is 3.13. The van der Waals surface area contributed by atoms with Crippen LogP contribution in [0.5, 0.6) is 5.75 Å². The molecule has 0 spiro atoms. The zero-order valence-corrected chi connectivity index (χ0v) is 11.3. The quantitative estimate of drug-likeness (QED) is 0.898. The zero-order chi connectivity index (χ0) is 14.6. The molecule has 0 aliphatic carbocycles. The van der Waals surface area contributed by atoms with E-state index in [1.807, 2.05) is 0 Å². The van der Waals surface area contributed by atoms with Gasteiger partial charge in [0, 0.05) is 30.9 Å². The number of alkyl halides is 3. The maximum Gasteiger partial charge on any atom is 0.390 e. The van der Waals surface area contributed by atoms with E-state index < -0.39 is 12.6 Å². The number of nitrogens with two attached hydrogens (primary N) is 1. The third-order valence-electron chi connectivity index (χ3n) is 2.86. The van der Waals surface area contributed by atoms with E-state index in [2.05, 4.69) is 0 Å². The van der Waals surface area contributed by atoms with Gasteiger partial charge in [0.15, 0.2) is 0 Å². The molecule has 0 amide bonds. The van der Waals surface area contributed by atoms with E-state index in [-0.39, 0.29) is 12.6 Å². The molecule has 0 saturated carbocycles. The van der Waals surface area contributed by atoms with Crippen LogP contribution in [0.25, 0.3) is 0 Å². The molecule has 2 N–H and O–H groups in total. The lowest BCUT2D eigenvalue weighted by molar-refractivity contribution is -0.132. The van der Waals surface area contributed by atoms with Gasteiger partial charge in [-0.3, -0.25) is 0 Å². The molecule has 19 heavy (non-hydrogen) atoms. The fourth-order valence-electron chi connectivity index (χ4n) is 1.92. The molecule has 0 aliphatic heterocycles. The van der Waals surface area contributed by atoms with Gasteiger partial charge in [-0.1, -0.05) is 6.07 Å². The Labute approximate surface area is 111 Å². The molecule has 0 fully saturated rings. The van der Waals surface area contributed by atoms with Crippen LogP contribution in [0.3, 0.4) is 0 Å². The zero-order valence-electron chi connectivity index (χ0n) is 11.3. The highest BCUT2D eigenvalue weighted by Gasteiger charge is 2.28. The van der Waals surface area contributed by atoms with Crippen LogP contribution in [0, 0.1) is 0 Å². The van der Waals surface area contributed by atoms with Crippen molar-refractivity contribution in [2.45, 2.75) is 25.6 Å². The van der Waals surface area contributed by atoms with Gasteiger partial charge in [0.05, 0.1) is 13.5 Å². The van der Waals surface area contributed by atoms with Gasteiger partial charge in [-0.25, -0.2) is 0 Å². The van der Waals surface area contributed by atoms with Crippen LogP contribution in [0.4, 0.5) is 18.9 Å². The molecule has 3 nitrogen and oxygen atoms in total. The van der Waals surface area contributed by atoms with E-state index in [1.165, 1.54) is 7.11 Å². The second-order valence-electron chi connectivity index (χ2n) is 4.47. The lowest BCUT2D eigenvalue weighted by Crippen LogP contribution is -2.26. The molecular formula is C13H19F3N2O. The molecule has 0 bridgehead atoms. The number of methoxy groups -OCH3 is 1. The normalized spacial score (nSPS) is 13.2. The number of hydrogen-bond donors (Lipinski definition) is 1. The van der Waals surface area contributed by atoms with Crippen LogP contribution >= 0.6 is 0 Å². The molecule has 0 radical (unpaired) electrons. The summed E-state index contributed by atoms with van der Waals surface area (Å²) in [6.45, 7) is 1.66. The summed E-state index contributed by atoms with van der Waals surface area (Å²) in [5, 5.41) is 0. The van der Waals surface area contributed by atoms with Crippen LogP contribution in [0.15, 0.2) is 18.2 Å². The summed E-state index contributed by atoms with van der Waals surface area (Å²) >= 11 is 0. The lowest BCUT2D eigenvalue weighted by atomic mass is 10.0. The number of benzene rings is 1. The monoisotopic (exact) mass is 276 g/mol. The van der Waals surface area contributed by atoms with Crippen molar-refractivity contribution >= 4 is 5.69 Å². The van der Waals surface area contributed by atoms with E-state index in [0.717, 1.165) is 5.56 Å². The van der Waals surface area contributed by atoms with Gasteiger partial charge in [0.25, 0.3) is 0 Å². The lowest BCUT2D eigenvalue weighted by Gasteiger charge is -2.25. The first-order valence-corrected chi connectivity index (χ1v) is 5.96. The van der Waals surface area contributed by atoms with Crippen molar-refractivity contribution in [1.29, 1.82) is 0 Å². The highest BCUT2D eigenvalue weighted by Crippen LogP contribution is 2.33. The predicted molar refractivity (Wildman–Crippen MR) is 69.5 cm³/mol. The Kier molecular flexibility index (Phi) is 5.05. The molecule has 0 aromatic heterocycles. The van der Waals surface area contributed by atoms with Gasteiger partial charge >= 0.3 is 6.18 Å². The minimum absolute atomic E-state index is 0.115. The SMILES string of the molecule is COc1cccc(N(C)CCC(F)(F)F)c1C(C)N. The minimum atomic E-state index is -4.17. The number of hydrogen-bond acceptors (Lipinski definition) is 3. The molecule has 1 aromatic rings. The Morgan fingerprint density at radius 1 is 1.37 bits per heavy atom. The number of anilines is 1. The topological polar surface area (TPSA) is 38.5 Å². The van der Waals surface area contributed by atoms with Gasteiger partial charge in [-0.05, 0) is 19.1 Å². The Hall–Kier alpha value is -1.43. The minimum Gasteiger partial charge on any atom is -0.496 e. The molecule has 1 unspecified atom stereocenters. The second-order valence-corrected chi connectivity index (χ2v) is 4.47. The van der Waals surface area contributed by atoms with E-state index in [0.29, 0.717) is 11.4 Å². The first-order valence-electron chi connectivity index (χ1n) is 5.96. The van der Waals surface area contributed by atoms with Crippen molar-refractivity contribution < 1.29 is 17.9 Å². The molecule has 1 rings (SSSR count). The van der Waals surface area contributed by atoms with Gasteiger partial charge in [0.2, 0.25) is 0 Å². The molecule has 1 aromatic carbocycles. The molecular weight excluding hydrogens is 257 g/mol. The number of nitrogens with zero attached hydrogens (tertiary/aromatic N) is 1. The van der Waals surface area contributed by atoms with Gasteiger partial charge in [-0.2, -0.15) is 13.2 Å². The smallest absolute Gasteiger partial charge is 0.390 e. The Morgan fingerprint density at radius 2 is 2.00 bits per heavy atom. The third kappa shape index (κ3) is 4.31. The maximum atomic E-state index is 12.3.